The van der Waals surface area contributed by atoms with E-state index >= 15 is 0 Å². The van der Waals surface area contributed by atoms with Gasteiger partial charge in [-0.15, -0.1) is 10.2 Å². The number of thioether (sulfide) groups is 1. The second-order valence-electron chi connectivity index (χ2n) is 7.18. The van der Waals surface area contributed by atoms with Crippen molar-refractivity contribution in [2.75, 3.05) is 0 Å². The lowest BCUT2D eigenvalue weighted by molar-refractivity contribution is -0.121. The predicted molar refractivity (Wildman–Crippen MR) is 106 cm³/mol. The van der Waals surface area contributed by atoms with E-state index in [1.165, 1.54) is 11.8 Å². The molecule has 1 aromatic carbocycles. The molecule has 3 rings (SSSR count). The van der Waals surface area contributed by atoms with Crippen LogP contribution in [0.5, 0.6) is 0 Å². The second kappa shape index (κ2) is 8.13. The molecule has 0 aliphatic heterocycles. The van der Waals surface area contributed by atoms with Gasteiger partial charge in [0.2, 0.25) is 5.91 Å². The molecule has 1 aromatic heterocycles. The van der Waals surface area contributed by atoms with Gasteiger partial charge in [0, 0.05) is 12.6 Å². The van der Waals surface area contributed by atoms with Crippen LogP contribution in [0.25, 0.3) is 11.4 Å². The lowest BCUT2D eigenvalue weighted by Gasteiger charge is -2.32. The van der Waals surface area contributed by atoms with Gasteiger partial charge < -0.3 is 9.88 Å². The summed E-state index contributed by atoms with van der Waals surface area (Å²) in [7, 11) is 1.91. The number of hydrogen-bond donors (Lipinski definition) is 1. The maximum Gasteiger partial charge on any atom is 0.234 e. The molecule has 0 radical (unpaired) electrons. The fourth-order valence-corrected chi connectivity index (χ4v) is 4.26. The Morgan fingerprint density at radius 2 is 2.00 bits per heavy atom. The number of amides is 1. The van der Waals surface area contributed by atoms with Crippen molar-refractivity contribution in [3.05, 3.63) is 29.8 Å². The highest BCUT2D eigenvalue weighted by Crippen LogP contribution is 2.30. The lowest BCUT2D eigenvalue weighted by atomic mass is 9.83. The Morgan fingerprint density at radius 1 is 1.30 bits per heavy atom. The van der Waals surface area contributed by atoms with Gasteiger partial charge in [0.05, 0.1) is 11.3 Å². The summed E-state index contributed by atoms with van der Waals surface area (Å²) >= 11 is 1.37. The number of nitriles is 1. The first-order chi connectivity index (χ1) is 13.0. The molecule has 142 valence electrons. The van der Waals surface area contributed by atoms with Crippen LogP contribution >= 0.6 is 11.8 Å². The molecule has 7 heteroatoms. The Hall–Kier alpha value is -2.33. The van der Waals surface area contributed by atoms with Crippen molar-refractivity contribution in [1.82, 2.24) is 20.1 Å². The van der Waals surface area contributed by atoms with Crippen LogP contribution in [-0.2, 0) is 11.8 Å². The summed E-state index contributed by atoms with van der Waals surface area (Å²) in [5, 5.41) is 21.5. The molecule has 1 heterocycles. The third-order valence-corrected chi connectivity index (χ3v) is 6.29. The zero-order chi connectivity index (χ0) is 19.4. The zero-order valence-corrected chi connectivity index (χ0v) is 16.8. The molecule has 1 aliphatic carbocycles. The number of carbonyl (C=O) groups excluding carboxylic acids is 1. The molecule has 1 N–H and O–H groups in total. The first-order valence-corrected chi connectivity index (χ1v) is 10.2. The monoisotopic (exact) mass is 383 g/mol. The summed E-state index contributed by atoms with van der Waals surface area (Å²) in [6.45, 7) is 3.88. The molecule has 1 amide bonds. The van der Waals surface area contributed by atoms with E-state index in [-0.39, 0.29) is 11.2 Å². The number of nitrogens with one attached hydrogen (secondary N) is 1. The van der Waals surface area contributed by atoms with Crippen LogP contribution in [0.1, 0.15) is 44.6 Å². The normalized spacial score (nSPS) is 17.1. The maximum absolute atomic E-state index is 12.7. The van der Waals surface area contributed by atoms with Gasteiger partial charge in [-0.05, 0) is 32.3 Å². The smallest absolute Gasteiger partial charge is 0.234 e. The molecule has 6 nitrogen and oxygen atoms in total. The Kier molecular flexibility index (Phi) is 5.85. The van der Waals surface area contributed by atoms with Crippen LogP contribution in [0, 0.1) is 18.3 Å². The quantitative estimate of drug-likeness (QED) is 0.797. The molecule has 0 saturated heterocycles. The number of benzene rings is 1. The molecule has 1 aliphatic rings. The SMILES string of the molecule is Cc1ccccc1-c1nnc(S[C@H](C)C(=O)NC2(C#N)CCCCC2)n1C. The van der Waals surface area contributed by atoms with Crippen LogP contribution in [0.4, 0.5) is 0 Å². The topological polar surface area (TPSA) is 83.6 Å². The van der Waals surface area contributed by atoms with Crippen molar-refractivity contribution in [3.63, 3.8) is 0 Å². The van der Waals surface area contributed by atoms with E-state index in [9.17, 15) is 10.1 Å². The fraction of sp³-hybridized carbons (Fsp3) is 0.500. The number of hydrogen-bond acceptors (Lipinski definition) is 5. The largest absolute Gasteiger partial charge is 0.337 e. The molecule has 27 heavy (non-hydrogen) atoms. The summed E-state index contributed by atoms with van der Waals surface area (Å²) in [5.74, 6) is 0.660. The van der Waals surface area contributed by atoms with E-state index in [2.05, 4.69) is 21.6 Å². The Balaban J connectivity index is 1.71. The minimum Gasteiger partial charge on any atom is -0.337 e. The van der Waals surface area contributed by atoms with Gasteiger partial charge >= 0.3 is 0 Å². The number of nitrogens with zero attached hydrogens (tertiary/aromatic N) is 4. The lowest BCUT2D eigenvalue weighted by Crippen LogP contribution is -2.50. The molecular formula is C20H25N5OS. The van der Waals surface area contributed by atoms with E-state index in [0.717, 1.165) is 49.1 Å². The van der Waals surface area contributed by atoms with Gasteiger partial charge in [-0.1, -0.05) is 55.3 Å². The van der Waals surface area contributed by atoms with Crippen LogP contribution in [0.2, 0.25) is 0 Å². The van der Waals surface area contributed by atoms with E-state index < -0.39 is 5.54 Å². The highest BCUT2D eigenvalue weighted by Gasteiger charge is 2.35. The first kappa shape index (κ1) is 19.4. The van der Waals surface area contributed by atoms with Gasteiger partial charge in [0.15, 0.2) is 11.0 Å². The molecule has 1 saturated carbocycles. The van der Waals surface area contributed by atoms with Crippen LogP contribution < -0.4 is 5.32 Å². The summed E-state index contributed by atoms with van der Waals surface area (Å²) in [5.41, 5.74) is 1.45. The van der Waals surface area contributed by atoms with Crippen LogP contribution in [0.15, 0.2) is 29.4 Å². The summed E-state index contributed by atoms with van der Waals surface area (Å²) in [6, 6.07) is 10.4. The van der Waals surface area contributed by atoms with E-state index in [1.807, 2.05) is 49.7 Å². The first-order valence-electron chi connectivity index (χ1n) is 9.31. The minimum absolute atomic E-state index is 0.121. The van der Waals surface area contributed by atoms with Crippen molar-refractivity contribution in [3.8, 4) is 17.5 Å². The van der Waals surface area contributed by atoms with Crippen LogP contribution in [0.3, 0.4) is 0 Å². The van der Waals surface area contributed by atoms with Gasteiger partial charge in [-0.3, -0.25) is 4.79 Å². The van der Waals surface area contributed by atoms with E-state index in [4.69, 9.17) is 0 Å². The fourth-order valence-electron chi connectivity index (χ4n) is 3.45. The van der Waals surface area contributed by atoms with Crippen LogP contribution in [-0.4, -0.2) is 31.5 Å². The van der Waals surface area contributed by atoms with Gasteiger partial charge in [0.25, 0.3) is 0 Å². The van der Waals surface area contributed by atoms with Crippen molar-refractivity contribution in [2.24, 2.45) is 7.05 Å². The highest BCUT2D eigenvalue weighted by molar-refractivity contribution is 8.00. The second-order valence-corrected chi connectivity index (χ2v) is 8.49. The predicted octanol–water partition coefficient (Wildman–Crippen LogP) is 3.61. The van der Waals surface area contributed by atoms with Crippen molar-refractivity contribution in [2.45, 2.75) is 61.9 Å². The van der Waals surface area contributed by atoms with Crippen molar-refractivity contribution in [1.29, 1.82) is 5.26 Å². The molecule has 2 aromatic rings. The standard InChI is InChI=1S/C20H25N5OS/c1-14-9-5-6-10-16(14)17-23-24-19(25(17)3)27-15(2)18(26)22-20(13-21)11-7-4-8-12-20/h5-6,9-10,15H,4,7-8,11-12H2,1-3H3,(H,22,26)/t15-/m1/s1. The average Bonchev–Trinajstić information content (AvgIpc) is 3.03. The van der Waals surface area contributed by atoms with Crippen molar-refractivity contribution < 1.29 is 4.79 Å². The molecule has 0 unspecified atom stereocenters. The highest BCUT2D eigenvalue weighted by atomic mass is 32.2. The number of carbonyl (C=O) groups is 1. The van der Waals surface area contributed by atoms with Crippen molar-refractivity contribution >= 4 is 17.7 Å². The molecule has 1 fully saturated rings. The van der Waals surface area contributed by atoms with E-state index in [0.29, 0.717) is 5.16 Å². The maximum atomic E-state index is 12.7. The average molecular weight is 384 g/mol. The zero-order valence-electron chi connectivity index (χ0n) is 16.0. The number of aryl methyl sites for hydroxylation is 1. The third-order valence-electron chi connectivity index (χ3n) is 5.16. The molecule has 1 atom stereocenters. The van der Waals surface area contributed by atoms with Gasteiger partial charge in [-0.2, -0.15) is 5.26 Å². The minimum atomic E-state index is -0.712. The Labute approximate surface area is 164 Å². The summed E-state index contributed by atoms with van der Waals surface area (Å²) in [6.07, 6.45) is 4.56. The molecular weight excluding hydrogens is 358 g/mol. The van der Waals surface area contributed by atoms with E-state index in [1.54, 1.807) is 0 Å². The number of rotatable bonds is 5. The third kappa shape index (κ3) is 4.16. The molecule has 0 bridgehead atoms. The Morgan fingerprint density at radius 3 is 2.67 bits per heavy atom. The summed E-state index contributed by atoms with van der Waals surface area (Å²) in [4.78, 5) is 12.7. The van der Waals surface area contributed by atoms with Gasteiger partial charge in [-0.25, -0.2) is 0 Å². The molecule has 0 spiro atoms. The Bertz CT molecular complexity index is 863. The van der Waals surface area contributed by atoms with Gasteiger partial charge in [0.1, 0.15) is 5.54 Å². The number of aromatic nitrogens is 3. The summed E-state index contributed by atoms with van der Waals surface area (Å²) < 4.78 is 1.91.